The van der Waals surface area contributed by atoms with Crippen molar-refractivity contribution in [1.29, 1.82) is 0 Å². The summed E-state index contributed by atoms with van der Waals surface area (Å²) in [5.41, 5.74) is 1.45. The molecule has 0 radical (unpaired) electrons. The van der Waals surface area contributed by atoms with Crippen LogP contribution < -0.4 is 0 Å². The molecule has 0 bridgehead atoms. The van der Waals surface area contributed by atoms with Gasteiger partial charge in [0.2, 0.25) is 0 Å². The van der Waals surface area contributed by atoms with Gasteiger partial charge < -0.3 is 10.2 Å². The van der Waals surface area contributed by atoms with E-state index in [1.165, 1.54) is 50.5 Å². The van der Waals surface area contributed by atoms with E-state index in [1.807, 2.05) is 0 Å². The average Bonchev–Trinajstić information content (AvgIpc) is 2.42. The van der Waals surface area contributed by atoms with E-state index in [0.717, 1.165) is 12.8 Å². The molecule has 0 saturated carbocycles. The summed E-state index contributed by atoms with van der Waals surface area (Å²) in [7, 11) is 0. The molecule has 0 amide bonds. The minimum Gasteiger partial charge on any atom is -0.368 e. The number of unbranched alkanes of at least 4 members (excludes halogenated alkanes) is 7. The molecule has 0 unspecified atom stereocenters. The first-order valence-electron chi connectivity index (χ1n) is 7.69. The van der Waals surface area contributed by atoms with Crippen molar-refractivity contribution in [2.45, 2.75) is 70.5 Å². The van der Waals surface area contributed by atoms with Crippen LogP contribution in [0, 0.1) is 0 Å². The smallest absolute Gasteiger partial charge is 0.151 e. The zero-order valence-corrected chi connectivity index (χ0v) is 11.9. The van der Waals surface area contributed by atoms with Crippen LogP contribution in [0.4, 0.5) is 0 Å². The molecule has 0 aliphatic heterocycles. The first kappa shape index (κ1) is 16.2. The van der Waals surface area contributed by atoms with E-state index in [4.69, 9.17) is 10.2 Å². The highest BCUT2D eigenvalue weighted by Gasteiger charge is 1.97. The number of benzene rings is 1. The lowest BCUT2D eigenvalue weighted by Crippen LogP contribution is -2.02. The van der Waals surface area contributed by atoms with Gasteiger partial charge in [0, 0.05) is 0 Å². The molecule has 2 heteroatoms. The van der Waals surface area contributed by atoms with Crippen molar-refractivity contribution in [3.63, 3.8) is 0 Å². The number of hydrogen-bond donors (Lipinski definition) is 2. The fourth-order valence-electron chi connectivity index (χ4n) is 2.36. The first-order chi connectivity index (χ1) is 9.29. The van der Waals surface area contributed by atoms with E-state index in [1.54, 1.807) is 0 Å². The van der Waals surface area contributed by atoms with Crippen molar-refractivity contribution < 1.29 is 10.2 Å². The predicted octanol–water partition coefficient (Wildman–Crippen LogP) is 4.05. The van der Waals surface area contributed by atoms with Crippen LogP contribution in [0.3, 0.4) is 0 Å². The van der Waals surface area contributed by atoms with Crippen molar-refractivity contribution in [3.8, 4) is 0 Å². The van der Waals surface area contributed by atoms with Crippen LogP contribution in [0.2, 0.25) is 0 Å². The van der Waals surface area contributed by atoms with E-state index in [2.05, 4.69) is 30.3 Å². The van der Waals surface area contributed by atoms with Gasteiger partial charge in [0.25, 0.3) is 0 Å². The molecule has 0 aromatic heterocycles. The fraction of sp³-hybridized carbons (Fsp3) is 0.647. The summed E-state index contributed by atoms with van der Waals surface area (Å²) in [6, 6.07) is 10.7. The van der Waals surface area contributed by atoms with Crippen molar-refractivity contribution in [3.05, 3.63) is 35.9 Å². The summed E-state index contributed by atoms with van der Waals surface area (Å²) < 4.78 is 0. The van der Waals surface area contributed by atoms with Crippen LogP contribution in [0.5, 0.6) is 0 Å². The Labute approximate surface area is 117 Å². The molecule has 0 heterocycles. The number of aliphatic hydroxyl groups excluding tert-OH is 1. The SMILES string of the molecule is OC(O)CCCCCCCCCCc1ccccc1. The van der Waals surface area contributed by atoms with Gasteiger partial charge in [-0.15, -0.1) is 0 Å². The van der Waals surface area contributed by atoms with Crippen molar-refractivity contribution in [2.75, 3.05) is 0 Å². The molecular formula is C17H28O2. The maximum absolute atomic E-state index is 8.70. The highest BCUT2D eigenvalue weighted by Crippen LogP contribution is 2.12. The van der Waals surface area contributed by atoms with Gasteiger partial charge in [0.05, 0.1) is 0 Å². The summed E-state index contributed by atoms with van der Waals surface area (Å²) in [6.45, 7) is 0. The lowest BCUT2D eigenvalue weighted by atomic mass is 10.0. The Morgan fingerprint density at radius 2 is 1.21 bits per heavy atom. The second-order valence-electron chi connectivity index (χ2n) is 5.33. The molecule has 0 aliphatic carbocycles. The molecule has 1 aromatic carbocycles. The van der Waals surface area contributed by atoms with Crippen LogP contribution in [0.15, 0.2) is 30.3 Å². The quantitative estimate of drug-likeness (QED) is 0.467. The standard InChI is InChI=1S/C17H28O2/c18-17(19)15-11-6-4-2-1-3-5-8-12-16-13-9-7-10-14-16/h7,9-10,13-14,17-19H,1-6,8,11-12,15H2. The Morgan fingerprint density at radius 1 is 0.684 bits per heavy atom. The summed E-state index contributed by atoms with van der Waals surface area (Å²) in [4.78, 5) is 0. The molecule has 1 aromatic rings. The minimum absolute atomic E-state index is 0.525. The van der Waals surface area contributed by atoms with Gasteiger partial charge in [0.15, 0.2) is 6.29 Å². The number of aryl methyl sites for hydroxylation is 1. The van der Waals surface area contributed by atoms with Crippen LogP contribution in [-0.4, -0.2) is 16.5 Å². The van der Waals surface area contributed by atoms with Gasteiger partial charge in [-0.05, 0) is 31.2 Å². The predicted molar refractivity (Wildman–Crippen MR) is 79.9 cm³/mol. The maximum atomic E-state index is 8.70. The fourth-order valence-corrected chi connectivity index (χ4v) is 2.36. The van der Waals surface area contributed by atoms with Gasteiger partial charge in [0.1, 0.15) is 0 Å². The summed E-state index contributed by atoms with van der Waals surface area (Å²) in [5, 5.41) is 17.4. The topological polar surface area (TPSA) is 40.5 Å². The van der Waals surface area contributed by atoms with Crippen LogP contribution in [0.25, 0.3) is 0 Å². The summed E-state index contributed by atoms with van der Waals surface area (Å²) in [5.74, 6) is 0. The Balaban J connectivity index is 1.81. The zero-order chi connectivity index (χ0) is 13.8. The van der Waals surface area contributed by atoms with Crippen molar-refractivity contribution in [2.24, 2.45) is 0 Å². The number of hydrogen-bond acceptors (Lipinski definition) is 2. The van der Waals surface area contributed by atoms with E-state index in [-0.39, 0.29) is 0 Å². The van der Waals surface area contributed by atoms with Crippen LogP contribution >= 0.6 is 0 Å². The summed E-state index contributed by atoms with van der Waals surface area (Å²) >= 11 is 0. The normalized spacial score (nSPS) is 11.1. The second kappa shape index (κ2) is 11.0. The largest absolute Gasteiger partial charge is 0.368 e. The van der Waals surface area contributed by atoms with E-state index < -0.39 is 6.29 Å². The third-order valence-electron chi connectivity index (χ3n) is 3.52. The third-order valence-corrected chi connectivity index (χ3v) is 3.52. The minimum atomic E-state index is -1.11. The Bertz CT molecular complexity index is 295. The molecule has 0 atom stereocenters. The van der Waals surface area contributed by atoms with Gasteiger partial charge >= 0.3 is 0 Å². The molecule has 19 heavy (non-hydrogen) atoms. The Morgan fingerprint density at radius 3 is 1.79 bits per heavy atom. The number of rotatable bonds is 11. The van der Waals surface area contributed by atoms with E-state index in [9.17, 15) is 0 Å². The Kier molecular flexibility index (Phi) is 9.38. The van der Waals surface area contributed by atoms with Crippen molar-refractivity contribution in [1.82, 2.24) is 0 Å². The van der Waals surface area contributed by atoms with Gasteiger partial charge in [-0.3, -0.25) is 0 Å². The maximum Gasteiger partial charge on any atom is 0.151 e. The lowest BCUT2D eigenvalue weighted by molar-refractivity contribution is -0.0466. The van der Waals surface area contributed by atoms with Gasteiger partial charge in [-0.2, -0.15) is 0 Å². The molecule has 0 spiro atoms. The molecule has 108 valence electrons. The first-order valence-corrected chi connectivity index (χ1v) is 7.69. The van der Waals surface area contributed by atoms with Gasteiger partial charge in [-0.25, -0.2) is 0 Å². The molecule has 1 rings (SSSR count). The molecule has 2 nitrogen and oxygen atoms in total. The van der Waals surface area contributed by atoms with Crippen LogP contribution in [0.1, 0.15) is 63.4 Å². The van der Waals surface area contributed by atoms with E-state index in [0.29, 0.717) is 6.42 Å². The Hall–Kier alpha value is -0.860. The van der Waals surface area contributed by atoms with Gasteiger partial charge in [-0.1, -0.05) is 68.9 Å². The lowest BCUT2D eigenvalue weighted by Gasteiger charge is -2.04. The van der Waals surface area contributed by atoms with E-state index >= 15 is 0 Å². The molecule has 0 saturated heterocycles. The molecular weight excluding hydrogens is 236 g/mol. The summed E-state index contributed by atoms with van der Waals surface area (Å²) in [6.07, 6.45) is 10.5. The number of aliphatic hydroxyl groups is 2. The highest BCUT2D eigenvalue weighted by atomic mass is 16.5. The average molecular weight is 264 g/mol. The van der Waals surface area contributed by atoms with Crippen molar-refractivity contribution >= 4 is 0 Å². The zero-order valence-electron chi connectivity index (χ0n) is 11.9. The molecule has 2 N–H and O–H groups in total. The molecule has 0 fully saturated rings. The highest BCUT2D eigenvalue weighted by molar-refractivity contribution is 5.14. The second-order valence-corrected chi connectivity index (χ2v) is 5.33. The van der Waals surface area contributed by atoms with Crippen LogP contribution in [-0.2, 0) is 6.42 Å². The monoisotopic (exact) mass is 264 g/mol. The molecule has 0 aliphatic rings. The third kappa shape index (κ3) is 9.69.